The quantitative estimate of drug-likeness (QED) is 0.899. The maximum Gasteiger partial charge on any atom is 0.414 e. The summed E-state index contributed by atoms with van der Waals surface area (Å²) < 4.78 is 11.1. The van der Waals surface area contributed by atoms with E-state index >= 15 is 0 Å². The Morgan fingerprint density at radius 1 is 1.40 bits per heavy atom. The van der Waals surface area contributed by atoms with Crippen molar-refractivity contribution in [3.8, 4) is 11.5 Å². The second-order valence-electron chi connectivity index (χ2n) is 5.06. The lowest BCUT2D eigenvalue weighted by Gasteiger charge is -2.18. The first-order valence-electron chi connectivity index (χ1n) is 5.93. The van der Waals surface area contributed by atoms with Gasteiger partial charge in [-0.25, -0.2) is 4.79 Å². The van der Waals surface area contributed by atoms with Crippen molar-refractivity contribution in [2.75, 3.05) is 5.32 Å². The van der Waals surface area contributed by atoms with Gasteiger partial charge in [0.1, 0.15) is 5.60 Å². The van der Waals surface area contributed by atoms with E-state index in [2.05, 4.69) is 31.4 Å². The lowest BCUT2D eigenvalue weighted by Crippen LogP contribution is -2.27. The van der Waals surface area contributed by atoms with Crippen molar-refractivity contribution in [3.05, 3.63) is 28.7 Å². The molecule has 0 bridgehead atoms. The molecule has 106 valence electrons. The van der Waals surface area contributed by atoms with Crippen LogP contribution in [0.25, 0.3) is 11.5 Å². The molecule has 1 aromatic heterocycles. The minimum absolute atomic E-state index is 0.0641. The average Bonchev–Trinajstić information content (AvgIpc) is 2.74. The molecule has 0 aliphatic rings. The molecule has 0 saturated carbocycles. The van der Waals surface area contributed by atoms with Gasteiger partial charge in [0.2, 0.25) is 0 Å². The fourth-order valence-electron chi connectivity index (χ4n) is 1.41. The highest BCUT2D eigenvalue weighted by molar-refractivity contribution is 9.10. The Labute approximate surface area is 124 Å². The Kier molecular flexibility index (Phi) is 4.08. The summed E-state index contributed by atoms with van der Waals surface area (Å²) in [6.07, 6.45) is -0.626. The van der Waals surface area contributed by atoms with Gasteiger partial charge in [0, 0.05) is 10.0 Å². The van der Waals surface area contributed by atoms with Gasteiger partial charge in [-0.2, -0.15) is 4.98 Å². The smallest absolute Gasteiger partial charge is 0.414 e. The van der Waals surface area contributed by atoms with Crippen LogP contribution >= 0.6 is 15.9 Å². The Hall–Kier alpha value is -1.89. The summed E-state index contributed by atoms with van der Waals surface area (Å²) in [7, 11) is 0. The third-order valence-electron chi connectivity index (χ3n) is 2.11. The maximum absolute atomic E-state index is 11.6. The van der Waals surface area contributed by atoms with Crippen LogP contribution in [-0.2, 0) is 4.74 Å². The van der Waals surface area contributed by atoms with E-state index in [1.165, 1.54) is 0 Å². The van der Waals surface area contributed by atoms with Crippen LogP contribution in [0.15, 0.2) is 33.3 Å². The van der Waals surface area contributed by atoms with E-state index in [1.54, 1.807) is 20.8 Å². The van der Waals surface area contributed by atoms with Gasteiger partial charge in [0.05, 0.1) is 0 Å². The van der Waals surface area contributed by atoms with Crippen molar-refractivity contribution in [1.82, 2.24) is 10.1 Å². The molecule has 0 aliphatic carbocycles. The molecule has 0 radical (unpaired) electrons. The molecule has 0 unspecified atom stereocenters. The second-order valence-corrected chi connectivity index (χ2v) is 5.98. The van der Waals surface area contributed by atoms with E-state index < -0.39 is 11.7 Å². The molecule has 1 heterocycles. The maximum atomic E-state index is 11.6. The number of carbonyl (C=O) groups is 1. The van der Waals surface area contributed by atoms with Crippen molar-refractivity contribution in [3.63, 3.8) is 0 Å². The number of benzene rings is 1. The van der Waals surface area contributed by atoms with Crippen molar-refractivity contribution in [2.24, 2.45) is 0 Å². The molecule has 20 heavy (non-hydrogen) atoms. The minimum Gasteiger partial charge on any atom is -0.444 e. The lowest BCUT2D eigenvalue weighted by atomic mass is 10.2. The highest BCUT2D eigenvalue weighted by atomic mass is 79.9. The lowest BCUT2D eigenvalue weighted by molar-refractivity contribution is 0.0634. The van der Waals surface area contributed by atoms with Gasteiger partial charge < -0.3 is 9.26 Å². The first-order valence-corrected chi connectivity index (χ1v) is 6.72. The van der Waals surface area contributed by atoms with Crippen molar-refractivity contribution < 1.29 is 14.1 Å². The summed E-state index contributed by atoms with van der Waals surface area (Å²) in [5.74, 6) is 0.381. The number of rotatable bonds is 2. The largest absolute Gasteiger partial charge is 0.444 e. The highest BCUT2D eigenvalue weighted by Crippen LogP contribution is 2.22. The van der Waals surface area contributed by atoms with Crippen LogP contribution in [-0.4, -0.2) is 21.8 Å². The molecular formula is C13H14BrN3O3. The highest BCUT2D eigenvalue weighted by Gasteiger charge is 2.18. The molecule has 0 aliphatic heterocycles. The van der Waals surface area contributed by atoms with E-state index in [0.29, 0.717) is 5.89 Å². The van der Waals surface area contributed by atoms with Crippen LogP contribution in [0.3, 0.4) is 0 Å². The van der Waals surface area contributed by atoms with Gasteiger partial charge >= 0.3 is 6.09 Å². The third kappa shape index (κ3) is 4.06. The first-order chi connectivity index (χ1) is 9.33. The number of hydrogen-bond acceptors (Lipinski definition) is 5. The van der Waals surface area contributed by atoms with Gasteiger partial charge in [-0.15, -0.1) is 0 Å². The number of hydrogen-bond donors (Lipinski definition) is 1. The summed E-state index contributed by atoms with van der Waals surface area (Å²) in [4.78, 5) is 15.6. The van der Waals surface area contributed by atoms with Gasteiger partial charge in [-0.1, -0.05) is 22.0 Å². The average molecular weight is 340 g/mol. The van der Waals surface area contributed by atoms with E-state index in [1.807, 2.05) is 24.3 Å². The molecule has 2 rings (SSSR count). The minimum atomic E-state index is -0.626. The van der Waals surface area contributed by atoms with Crippen molar-refractivity contribution in [1.29, 1.82) is 0 Å². The Balaban J connectivity index is 2.08. The number of nitrogens with zero attached hydrogens (tertiary/aromatic N) is 2. The van der Waals surface area contributed by atoms with E-state index in [-0.39, 0.29) is 5.95 Å². The predicted octanol–water partition coefficient (Wildman–Crippen LogP) is 3.85. The number of amides is 1. The van der Waals surface area contributed by atoms with Crippen LogP contribution in [0, 0.1) is 0 Å². The van der Waals surface area contributed by atoms with Crippen molar-refractivity contribution >= 4 is 28.0 Å². The molecule has 1 N–H and O–H groups in total. The monoisotopic (exact) mass is 339 g/mol. The zero-order valence-corrected chi connectivity index (χ0v) is 12.9. The summed E-state index contributed by atoms with van der Waals surface area (Å²) >= 11 is 3.36. The SMILES string of the molecule is CC(C)(C)OC(=O)Nc1noc(-c2cccc(Br)c2)n1. The third-order valence-corrected chi connectivity index (χ3v) is 2.60. The molecule has 0 atom stereocenters. The van der Waals surface area contributed by atoms with E-state index in [4.69, 9.17) is 9.26 Å². The zero-order valence-electron chi connectivity index (χ0n) is 11.3. The van der Waals surface area contributed by atoms with Crippen LogP contribution < -0.4 is 5.32 Å². The number of halogens is 1. The molecule has 0 saturated heterocycles. The molecule has 1 aromatic carbocycles. The summed E-state index contributed by atoms with van der Waals surface area (Å²) in [5, 5.41) is 6.09. The fourth-order valence-corrected chi connectivity index (χ4v) is 1.81. The molecule has 0 spiro atoms. The van der Waals surface area contributed by atoms with Crippen molar-refractivity contribution in [2.45, 2.75) is 26.4 Å². The Morgan fingerprint density at radius 3 is 2.80 bits per heavy atom. The molecule has 7 heteroatoms. The van der Waals surface area contributed by atoms with Crippen LogP contribution in [0.4, 0.5) is 10.7 Å². The van der Waals surface area contributed by atoms with Gasteiger partial charge in [-0.3, -0.25) is 5.32 Å². The number of aromatic nitrogens is 2. The van der Waals surface area contributed by atoms with Crippen LogP contribution in [0.2, 0.25) is 0 Å². The van der Waals surface area contributed by atoms with Gasteiger partial charge in [0.15, 0.2) is 0 Å². The van der Waals surface area contributed by atoms with Crippen LogP contribution in [0.1, 0.15) is 20.8 Å². The van der Waals surface area contributed by atoms with E-state index in [0.717, 1.165) is 10.0 Å². The topological polar surface area (TPSA) is 77.2 Å². The number of nitrogens with one attached hydrogen (secondary N) is 1. The summed E-state index contributed by atoms with van der Waals surface area (Å²) in [6, 6.07) is 7.41. The fraction of sp³-hybridized carbons (Fsp3) is 0.308. The standard InChI is InChI=1S/C13H14BrN3O3/c1-13(2,3)19-12(18)16-11-15-10(20-17-11)8-5-4-6-9(14)7-8/h4-7H,1-3H3,(H,16,17,18). The van der Waals surface area contributed by atoms with Crippen LogP contribution in [0.5, 0.6) is 0 Å². The van der Waals surface area contributed by atoms with Gasteiger partial charge in [-0.05, 0) is 44.1 Å². The zero-order chi connectivity index (χ0) is 14.8. The Bertz CT molecular complexity index is 619. The number of anilines is 1. The number of carbonyl (C=O) groups excluding carboxylic acids is 1. The predicted molar refractivity (Wildman–Crippen MR) is 77.3 cm³/mol. The second kappa shape index (κ2) is 5.62. The number of ether oxygens (including phenoxy) is 1. The first kappa shape index (κ1) is 14.5. The van der Waals surface area contributed by atoms with E-state index in [9.17, 15) is 4.79 Å². The normalized spacial score (nSPS) is 11.2. The molecule has 6 nitrogen and oxygen atoms in total. The molecule has 2 aromatic rings. The molecule has 1 amide bonds. The molecule has 0 fully saturated rings. The summed E-state index contributed by atoms with van der Waals surface area (Å²) in [6.45, 7) is 5.32. The molecular weight excluding hydrogens is 326 g/mol. The van der Waals surface area contributed by atoms with Gasteiger partial charge in [0.25, 0.3) is 11.8 Å². The summed E-state index contributed by atoms with van der Waals surface area (Å²) in [5.41, 5.74) is 0.171. The Morgan fingerprint density at radius 2 is 2.15 bits per heavy atom.